The van der Waals surface area contributed by atoms with Crippen LogP contribution in [0.25, 0.3) is 10.2 Å². The number of rotatable bonds is 5. The molecule has 2 unspecified atom stereocenters. The van der Waals surface area contributed by atoms with Gasteiger partial charge in [-0.3, -0.25) is 4.79 Å². The van der Waals surface area contributed by atoms with Gasteiger partial charge in [-0.15, -0.1) is 21.5 Å². The van der Waals surface area contributed by atoms with Crippen LogP contribution < -0.4 is 5.32 Å². The van der Waals surface area contributed by atoms with Gasteiger partial charge in [0.25, 0.3) is 0 Å². The summed E-state index contributed by atoms with van der Waals surface area (Å²) in [6.07, 6.45) is 6.70. The molecular weight excluding hydrogens is 376 g/mol. The van der Waals surface area contributed by atoms with E-state index in [0.717, 1.165) is 34.8 Å². The number of anilines is 1. The Morgan fingerprint density at radius 3 is 2.81 bits per heavy atom. The fourth-order valence-electron chi connectivity index (χ4n) is 3.36. The van der Waals surface area contributed by atoms with Crippen molar-refractivity contribution in [2.45, 2.75) is 39.0 Å². The molecule has 140 valence electrons. The van der Waals surface area contributed by atoms with Crippen LogP contribution in [0.3, 0.4) is 0 Å². The van der Waals surface area contributed by atoms with Crippen molar-refractivity contribution < 1.29 is 4.79 Å². The molecule has 0 spiro atoms. The summed E-state index contributed by atoms with van der Waals surface area (Å²) >= 11 is 3.16. The van der Waals surface area contributed by atoms with Gasteiger partial charge in [0.1, 0.15) is 5.01 Å². The normalized spacial score (nSPS) is 19.7. The molecule has 1 aromatic carbocycles. The number of nitrogens with zero attached hydrogens (tertiary/aromatic N) is 3. The van der Waals surface area contributed by atoms with Crippen LogP contribution in [0.4, 0.5) is 5.13 Å². The highest BCUT2D eigenvalue weighted by Crippen LogP contribution is 2.39. The Bertz CT molecular complexity index is 942. The second kappa shape index (κ2) is 7.86. The zero-order valence-corrected chi connectivity index (χ0v) is 17.0. The van der Waals surface area contributed by atoms with E-state index < -0.39 is 0 Å². The fourth-order valence-corrected chi connectivity index (χ4v) is 5.46. The lowest BCUT2D eigenvalue weighted by Crippen LogP contribution is -2.29. The number of para-hydroxylation sites is 1. The molecule has 4 rings (SSSR count). The van der Waals surface area contributed by atoms with Gasteiger partial charge in [0.15, 0.2) is 0 Å². The summed E-state index contributed by atoms with van der Waals surface area (Å²) in [5, 5.41) is 13.9. The van der Waals surface area contributed by atoms with Crippen LogP contribution in [0.15, 0.2) is 36.4 Å². The van der Waals surface area contributed by atoms with Crippen LogP contribution in [-0.2, 0) is 11.2 Å². The predicted octanol–water partition coefficient (Wildman–Crippen LogP) is 5.03. The number of nitrogens with one attached hydrogen (secondary N) is 1. The topological polar surface area (TPSA) is 67.8 Å². The van der Waals surface area contributed by atoms with Crippen molar-refractivity contribution in [2.24, 2.45) is 11.8 Å². The number of carbonyl (C=O) groups excluding carboxylic acids is 1. The second-order valence-electron chi connectivity index (χ2n) is 7.26. The minimum absolute atomic E-state index is 0.0100. The third-order valence-corrected chi connectivity index (χ3v) is 6.71. The SMILES string of the molecule is CC(C)Cc1nnc(NC(=O)C2CC=CCC2c2nc3ccccc3s2)s1. The lowest BCUT2D eigenvalue weighted by Gasteiger charge is -2.25. The van der Waals surface area contributed by atoms with E-state index in [1.807, 2.05) is 18.2 Å². The Labute approximate surface area is 166 Å². The molecule has 2 aromatic heterocycles. The molecule has 0 aliphatic heterocycles. The van der Waals surface area contributed by atoms with Gasteiger partial charge in [-0.1, -0.05) is 49.5 Å². The van der Waals surface area contributed by atoms with Gasteiger partial charge in [-0.05, 0) is 30.9 Å². The summed E-state index contributed by atoms with van der Waals surface area (Å²) in [6, 6.07) is 8.14. The molecule has 1 aliphatic rings. The summed E-state index contributed by atoms with van der Waals surface area (Å²) in [6.45, 7) is 4.30. The number of allylic oxidation sites excluding steroid dienone is 2. The summed E-state index contributed by atoms with van der Waals surface area (Å²) in [5.41, 5.74) is 1.01. The highest BCUT2D eigenvalue weighted by atomic mass is 32.1. The van der Waals surface area contributed by atoms with Gasteiger partial charge < -0.3 is 5.32 Å². The summed E-state index contributed by atoms with van der Waals surface area (Å²) in [4.78, 5) is 17.8. The maximum atomic E-state index is 13.0. The van der Waals surface area contributed by atoms with Crippen LogP contribution in [0.5, 0.6) is 0 Å². The minimum atomic E-state index is -0.131. The molecule has 3 aromatic rings. The average molecular weight is 399 g/mol. The van der Waals surface area contributed by atoms with E-state index in [1.165, 1.54) is 16.0 Å². The molecule has 0 saturated heterocycles. The van der Waals surface area contributed by atoms with Crippen molar-refractivity contribution in [2.75, 3.05) is 5.32 Å². The quantitative estimate of drug-likeness (QED) is 0.612. The second-order valence-corrected chi connectivity index (χ2v) is 9.39. The number of amides is 1. The number of hydrogen-bond donors (Lipinski definition) is 1. The van der Waals surface area contributed by atoms with E-state index in [9.17, 15) is 4.79 Å². The van der Waals surface area contributed by atoms with Crippen LogP contribution in [0.1, 0.15) is 42.6 Å². The molecule has 2 heterocycles. The third-order valence-electron chi connectivity index (χ3n) is 4.68. The zero-order chi connectivity index (χ0) is 18.8. The molecule has 0 saturated carbocycles. The van der Waals surface area contributed by atoms with Crippen LogP contribution >= 0.6 is 22.7 Å². The van der Waals surface area contributed by atoms with Crippen molar-refractivity contribution in [3.05, 3.63) is 46.4 Å². The highest BCUT2D eigenvalue weighted by Gasteiger charge is 2.32. The lowest BCUT2D eigenvalue weighted by atomic mass is 9.83. The van der Waals surface area contributed by atoms with Crippen molar-refractivity contribution in [1.29, 1.82) is 0 Å². The standard InChI is InChI=1S/C20H22N4OS2/c1-12(2)11-17-23-24-20(27-17)22-18(25)13-7-3-4-8-14(13)19-21-15-9-5-6-10-16(15)26-19/h3-6,9-10,12-14H,7-8,11H2,1-2H3,(H,22,24,25). The van der Waals surface area contributed by atoms with Gasteiger partial charge in [-0.2, -0.15) is 0 Å². The Kier molecular flexibility index (Phi) is 5.31. The molecule has 2 atom stereocenters. The largest absolute Gasteiger partial charge is 0.300 e. The smallest absolute Gasteiger partial charge is 0.230 e. The van der Waals surface area contributed by atoms with Crippen LogP contribution in [0, 0.1) is 11.8 Å². The van der Waals surface area contributed by atoms with E-state index in [0.29, 0.717) is 11.0 Å². The Morgan fingerprint density at radius 1 is 1.19 bits per heavy atom. The number of thiazole rings is 1. The lowest BCUT2D eigenvalue weighted by molar-refractivity contribution is -0.120. The third kappa shape index (κ3) is 4.09. The first kappa shape index (κ1) is 18.3. The first-order chi connectivity index (χ1) is 13.1. The van der Waals surface area contributed by atoms with Crippen molar-refractivity contribution in [3.8, 4) is 0 Å². The predicted molar refractivity (Wildman–Crippen MR) is 111 cm³/mol. The van der Waals surface area contributed by atoms with E-state index in [1.54, 1.807) is 11.3 Å². The van der Waals surface area contributed by atoms with Crippen LogP contribution in [-0.4, -0.2) is 21.1 Å². The number of aromatic nitrogens is 3. The molecule has 0 fully saturated rings. The van der Waals surface area contributed by atoms with Gasteiger partial charge in [0.2, 0.25) is 11.0 Å². The Hall–Kier alpha value is -2.12. The van der Waals surface area contributed by atoms with Gasteiger partial charge in [0.05, 0.1) is 21.1 Å². The number of hydrogen-bond acceptors (Lipinski definition) is 6. The minimum Gasteiger partial charge on any atom is -0.300 e. The molecule has 5 nitrogen and oxygen atoms in total. The molecule has 1 N–H and O–H groups in total. The van der Waals surface area contributed by atoms with E-state index in [-0.39, 0.29) is 17.7 Å². The van der Waals surface area contributed by atoms with Gasteiger partial charge in [-0.25, -0.2) is 4.98 Å². The van der Waals surface area contributed by atoms with Crippen molar-refractivity contribution >= 4 is 43.9 Å². The van der Waals surface area contributed by atoms with Gasteiger partial charge in [0, 0.05) is 12.3 Å². The number of benzene rings is 1. The van der Waals surface area contributed by atoms with Crippen molar-refractivity contribution in [3.63, 3.8) is 0 Å². The summed E-state index contributed by atoms with van der Waals surface area (Å²) < 4.78 is 1.17. The molecule has 0 bridgehead atoms. The average Bonchev–Trinajstić information content (AvgIpc) is 3.27. The summed E-state index contributed by atoms with van der Waals surface area (Å²) in [7, 11) is 0. The zero-order valence-electron chi connectivity index (χ0n) is 15.4. The first-order valence-electron chi connectivity index (χ1n) is 9.24. The molecular formula is C20H22N4OS2. The highest BCUT2D eigenvalue weighted by molar-refractivity contribution is 7.18. The molecule has 1 amide bonds. The Morgan fingerprint density at radius 2 is 2.00 bits per heavy atom. The molecule has 27 heavy (non-hydrogen) atoms. The first-order valence-corrected chi connectivity index (χ1v) is 10.9. The van der Waals surface area contributed by atoms with Crippen molar-refractivity contribution in [1.82, 2.24) is 15.2 Å². The number of fused-ring (bicyclic) bond motifs is 1. The maximum Gasteiger partial charge on any atom is 0.230 e. The van der Waals surface area contributed by atoms with E-state index in [2.05, 4.69) is 47.6 Å². The maximum absolute atomic E-state index is 13.0. The van der Waals surface area contributed by atoms with Crippen LogP contribution in [0.2, 0.25) is 0 Å². The molecule has 1 aliphatic carbocycles. The van der Waals surface area contributed by atoms with E-state index >= 15 is 0 Å². The fraction of sp³-hybridized carbons (Fsp3) is 0.400. The monoisotopic (exact) mass is 398 g/mol. The van der Waals surface area contributed by atoms with E-state index in [4.69, 9.17) is 4.98 Å². The summed E-state index contributed by atoms with van der Waals surface area (Å²) in [5.74, 6) is 0.507. The number of carbonyl (C=O) groups is 1. The van der Waals surface area contributed by atoms with Gasteiger partial charge >= 0.3 is 0 Å². The molecule has 7 heteroatoms. The molecule has 0 radical (unpaired) electrons. The Balaban J connectivity index is 1.52.